The Hall–Kier alpha value is -2.00. The zero-order valence-electron chi connectivity index (χ0n) is 9.58. The summed E-state index contributed by atoms with van der Waals surface area (Å²) < 4.78 is 5.63. The maximum absolute atomic E-state index is 8.46. The third kappa shape index (κ3) is 3.50. The second-order valence-corrected chi connectivity index (χ2v) is 4.17. The Morgan fingerprint density at radius 2 is 1.94 bits per heavy atom. The van der Waals surface area contributed by atoms with Crippen LogP contribution in [-0.4, -0.2) is 11.4 Å². The second-order valence-electron chi connectivity index (χ2n) is 3.73. The lowest BCUT2D eigenvalue weighted by atomic mass is 10.2. The summed E-state index contributed by atoms with van der Waals surface area (Å²) in [6.07, 6.45) is 1.36. The van der Waals surface area contributed by atoms with Crippen molar-refractivity contribution in [3.05, 3.63) is 64.7 Å². The van der Waals surface area contributed by atoms with Gasteiger partial charge in [-0.25, -0.2) is 0 Å². The van der Waals surface area contributed by atoms with E-state index in [1.807, 2.05) is 42.5 Å². The topological polar surface area (TPSA) is 41.8 Å². The van der Waals surface area contributed by atoms with Crippen LogP contribution in [0.3, 0.4) is 0 Å². The van der Waals surface area contributed by atoms with Crippen molar-refractivity contribution >= 4 is 17.8 Å². The Kier molecular flexibility index (Phi) is 4.20. The van der Waals surface area contributed by atoms with Gasteiger partial charge in [-0.3, -0.25) is 0 Å². The number of ether oxygens (including phenoxy) is 1. The predicted octanol–water partition coefficient (Wildman–Crippen LogP) is 3.73. The molecule has 0 aliphatic carbocycles. The molecule has 18 heavy (non-hydrogen) atoms. The molecule has 0 fully saturated rings. The molecule has 0 saturated carbocycles. The van der Waals surface area contributed by atoms with Gasteiger partial charge >= 0.3 is 0 Å². The fourth-order valence-electron chi connectivity index (χ4n) is 1.50. The first-order chi connectivity index (χ1) is 8.78. The largest absolute Gasteiger partial charge is 0.489 e. The highest BCUT2D eigenvalue weighted by atomic mass is 35.5. The van der Waals surface area contributed by atoms with Gasteiger partial charge in [-0.1, -0.05) is 41.0 Å². The number of oxime groups is 1. The Balaban J connectivity index is 2.01. The molecule has 0 atom stereocenters. The zero-order chi connectivity index (χ0) is 12.8. The lowest BCUT2D eigenvalue weighted by Gasteiger charge is -2.06. The van der Waals surface area contributed by atoms with E-state index in [0.29, 0.717) is 11.6 Å². The third-order valence-corrected chi connectivity index (χ3v) is 2.64. The Morgan fingerprint density at radius 1 is 1.17 bits per heavy atom. The minimum atomic E-state index is 0.469. The van der Waals surface area contributed by atoms with Crippen molar-refractivity contribution in [1.82, 2.24) is 0 Å². The second kappa shape index (κ2) is 6.07. The van der Waals surface area contributed by atoms with Crippen molar-refractivity contribution in [2.45, 2.75) is 6.61 Å². The van der Waals surface area contributed by atoms with Crippen molar-refractivity contribution in [3.63, 3.8) is 0 Å². The summed E-state index contributed by atoms with van der Waals surface area (Å²) in [7, 11) is 0. The third-order valence-electron chi connectivity index (χ3n) is 2.38. The van der Waals surface area contributed by atoms with Crippen molar-refractivity contribution in [2.24, 2.45) is 5.16 Å². The van der Waals surface area contributed by atoms with E-state index in [-0.39, 0.29) is 0 Å². The van der Waals surface area contributed by atoms with Gasteiger partial charge in [0, 0.05) is 5.02 Å². The summed E-state index contributed by atoms with van der Waals surface area (Å²) in [5, 5.41) is 12.1. The minimum absolute atomic E-state index is 0.469. The standard InChI is InChI=1S/C14H12ClNO2/c15-13-6-4-11(5-7-13)10-18-14-3-1-2-12(8-14)9-16-17/h1-9,17H,10H2/b16-9+. The van der Waals surface area contributed by atoms with Gasteiger partial charge < -0.3 is 9.94 Å². The van der Waals surface area contributed by atoms with Crippen LogP contribution in [0.4, 0.5) is 0 Å². The molecule has 2 aromatic rings. The van der Waals surface area contributed by atoms with Crippen molar-refractivity contribution in [3.8, 4) is 5.75 Å². The number of benzene rings is 2. The maximum Gasteiger partial charge on any atom is 0.120 e. The lowest BCUT2D eigenvalue weighted by molar-refractivity contribution is 0.306. The zero-order valence-corrected chi connectivity index (χ0v) is 10.3. The minimum Gasteiger partial charge on any atom is -0.489 e. The molecular formula is C14H12ClNO2. The van der Waals surface area contributed by atoms with Crippen LogP contribution in [0.1, 0.15) is 11.1 Å². The molecule has 1 N–H and O–H groups in total. The van der Waals surface area contributed by atoms with E-state index in [0.717, 1.165) is 16.9 Å². The molecule has 0 radical (unpaired) electrons. The quantitative estimate of drug-likeness (QED) is 0.518. The highest BCUT2D eigenvalue weighted by Gasteiger charge is 1.97. The van der Waals surface area contributed by atoms with Crippen molar-refractivity contribution in [2.75, 3.05) is 0 Å². The van der Waals surface area contributed by atoms with E-state index in [4.69, 9.17) is 21.5 Å². The molecule has 2 rings (SSSR count). The average Bonchev–Trinajstić information content (AvgIpc) is 2.39. The van der Waals surface area contributed by atoms with E-state index in [9.17, 15) is 0 Å². The molecule has 0 saturated heterocycles. The molecule has 0 aliphatic heterocycles. The van der Waals surface area contributed by atoms with Gasteiger partial charge in [-0.15, -0.1) is 0 Å². The van der Waals surface area contributed by atoms with Crippen LogP contribution in [0, 0.1) is 0 Å². The lowest BCUT2D eigenvalue weighted by Crippen LogP contribution is -1.95. The predicted molar refractivity (Wildman–Crippen MR) is 71.6 cm³/mol. The maximum atomic E-state index is 8.46. The number of hydrogen-bond donors (Lipinski definition) is 1. The Morgan fingerprint density at radius 3 is 2.67 bits per heavy atom. The summed E-state index contributed by atoms with van der Waals surface area (Å²) in [6, 6.07) is 14.8. The van der Waals surface area contributed by atoms with E-state index in [1.165, 1.54) is 6.21 Å². The van der Waals surface area contributed by atoms with Crippen LogP contribution in [-0.2, 0) is 6.61 Å². The molecule has 0 spiro atoms. The molecule has 0 aliphatic rings. The van der Waals surface area contributed by atoms with Gasteiger partial charge in [-0.05, 0) is 35.4 Å². The van der Waals surface area contributed by atoms with Crippen LogP contribution >= 0.6 is 11.6 Å². The highest BCUT2D eigenvalue weighted by Crippen LogP contribution is 2.15. The first-order valence-electron chi connectivity index (χ1n) is 5.42. The van der Waals surface area contributed by atoms with Gasteiger partial charge in [0.25, 0.3) is 0 Å². The van der Waals surface area contributed by atoms with Crippen LogP contribution < -0.4 is 4.74 Å². The van der Waals surface area contributed by atoms with Crippen molar-refractivity contribution in [1.29, 1.82) is 0 Å². The summed E-state index contributed by atoms with van der Waals surface area (Å²) >= 11 is 5.81. The first-order valence-corrected chi connectivity index (χ1v) is 5.80. The monoisotopic (exact) mass is 261 g/mol. The van der Waals surface area contributed by atoms with Crippen LogP contribution in [0.25, 0.3) is 0 Å². The van der Waals surface area contributed by atoms with Gasteiger partial charge in [0.2, 0.25) is 0 Å². The first kappa shape index (κ1) is 12.5. The normalized spacial score (nSPS) is 10.7. The van der Waals surface area contributed by atoms with Crippen LogP contribution in [0.2, 0.25) is 5.02 Å². The van der Waals surface area contributed by atoms with Gasteiger partial charge in [0.05, 0.1) is 6.21 Å². The molecule has 0 unspecified atom stereocenters. The summed E-state index contributed by atoms with van der Waals surface area (Å²) in [5.74, 6) is 0.724. The smallest absolute Gasteiger partial charge is 0.120 e. The van der Waals surface area contributed by atoms with Crippen LogP contribution in [0.15, 0.2) is 53.7 Å². The number of nitrogens with zero attached hydrogens (tertiary/aromatic N) is 1. The molecule has 0 amide bonds. The molecule has 0 aromatic heterocycles. The molecule has 0 bridgehead atoms. The number of rotatable bonds is 4. The SMILES string of the molecule is O/N=C/c1cccc(OCc2ccc(Cl)cc2)c1. The van der Waals surface area contributed by atoms with Gasteiger partial charge in [0.15, 0.2) is 0 Å². The molecule has 2 aromatic carbocycles. The summed E-state index contributed by atoms with van der Waals surface area (Å²) in [6.45, 7) is 0.469. The average molecular weight is 262 g/mol. The summed E-state index contributed by atoms with van der Waals surface area (Å²) in [5.41, 5.74) is 1.83. The molecule has 92 valence electrons. The summed E-state index contributed by atoms with van der Waals surface area (Å²) in [4.78, 5) is 0. The fraction of sp³-hybridized carbons (Fsp3) is 0.0714. The number of halogens is 1. The van der Waals surface area contributed by atoms with E-state index in [2.05, 4.69) is 5.16 Å². The molecule has 4 heteroatoms. The molecule has 3 nitrogen and oxygen atoms in total. The Labute approximate surface area is 110 Å². The van der Waals surface area contributed by atoms with Gasteiger partial charge in [0.1, 0.15) is 12.4 Å². The highest BCUT2D eigenvalue weighted by molar-refractivity contribution is 6.30. The molecular weight excluding hydrogens is 250 g/mol. The number of hydrogen-bond acceptors (Lipinski definition) is 3. The van der Waals surface area contributed by atoms with Crippen LogP contribution in [0.5, 0.6) is 5.75 Å². The van der Waals surface area contributed by atoms with Crippen molar-refractivity contribution < 1.29 is 9.94 Å². The fourth-order valence-corrected chi connectivity index (χ4v) is 1.62. The molecule has 0 heterocycles. The van der Waals surface area contributed by atoms with Gasteiger partial charge in [-0.2, -0.15) is 0 Å². The van der Waals surface area contributed by atoms with E-state index < -0.39 is 0 Å². The van der Waals surface area contributed by atoms with E-state index >= 15 is 0 Å². The van der Waals surface area contributed by atoms with E-state index in [1.54, 1.807) is 6.07 Å². The Bertz CT molecular complexity index is 538.